The lowest BCUT2D eigenvalue weighted by molar-refractivity contribution is 0.0682. The van der Waals surface area contributed by atoms with Crippen LogP contribution in [0.15, 0.2) is 15.7 Å². The van der Waals surface area contributed by atoms with Crippen LogP contribution in [0.25, 0.3) is 11.0 Å². The summed E-state index contributed by atoms with van der Waals surface area (Å²) < 4.78 is 1.43. The lowest BCUT2D eigenvalue weighted by atomic mass is 10.0. The topological polar surface area (TPSA) is 100 Å². The summed E-state index contributed by atoms with van der Waals surface area (Å²) in [7, 11) is 0. The monoisotopic (exact) mass is 457 g/mol. The summed E-state index contributed by atoms with van der Waals surface area (Å²) in [6, 6.07) is 2.07. The quantitative estimate of drug-likeness (QED) is 0.734. The molecule has 0 aliphatic carbocycles. The Balaban J connectivity index is 0.00000160. The molecule has 4 heterocycles. The number of halogens is 2. The number of hydrogen-bond donors (Lipinski definition) is 2. The summed E-state index contributed by atoms with van der Waals surface area (Å²) >= 11 is 0. The minimum Gasteiger partial charge on any atom is -0.331 e. The van der Waals surface area contributed by atoms with Crippen LogP contribution in [0.4, 0.5) is 0 Å². The molecule has 2 atom stereocenters. The molecule has 2 bridgehead atoms. The Morgan fingerprint density at radius 3 is 2.57 bits per heavy atom. The average molecular weight is 458 g/mol. The van der Waals surface area contributed by atoms with Crippen LogP contribution in [0.3, 0.4) is 0 Å². The lowest BCUT2D eigenvalue weighted by Crippen LogP contribution is -2.43. The zero-order valence-corrected chi connectivity index (χ0v) is 19.1. The maximum Gasteiger partial charge on any atom is 0.329 e. The van der Waals surface area contributed by atoms with Crippen molar-refractivity contribution in [3.8, 4) is 0 Å². The standard InChI is InChI=1S/C20H27N5O3.2ClH/c1-4-24-17-16(18(26)23-20(24)28)14(9-15(22-17)11(2)3)19(27)25-12-5-6-13(25)10-21-8-7-12;;/h9,11-13,21H,4-8,10H2,1-3H3,(H,23,26,28);2*1H. The fraction of sp³-hybridized carbons (Fsp3) is 0.600. The number of hydrogen-bond acceptors (Lipinski definition) is 5. The van der Waals surface area contributed by atoms with E-state index in [1.807, 2.05) is 25.7 Å². The first-order valence-electron chi connectivity index (χ1n) is 10.1. The second kappa shape index (κ2) is 9.49. The molecule has 0 radical (unpaired) electrons. The van der Waals surface area contributed by atoms with Crippen LogP contribution in [0.2, 0.25) is 0 Å². The molecule has 1 amide bonds. The Morgan fingerprint density at radius 2 is 1.90 bits per heavy atom. The van der Waals surface area contributed by atoms with E-state index in [2.05, 4.69) is 15.3 Å². The van der Waals surface area contributed by atoms with Crippen LogP contribution < -0.4 is 16.6 Å². The smallest absolute Gasteiger partial charge is 0.329 e. The van der Waals surface area contributed by atoms with Crippen molar-refractivity contribution >= 4 is 41.8 Å². The molecule has 2 aliphatic heterocycles. The van der Waals surface area contributed by atoms with Crippen LogP contribution in [-0.4, -0.2) is 50.5 Å². The molecule has 2 fully saturated rings. The number of aromatic amines is 1. The zero-order chi connectivity index (χ0) is 20.0. The Labute approximate surface area is 187 Å². The molecule has 166 valence electrons. The third-order valence-electron chi connectivity index (χ3n) is 6.00. The predicted octanol–water partition coefficient (Wildman–Crippen LogP) is 2.04. The number of rotatable bonds is 3. The van der Waals surface area contributed by atoms with Crippen molar-refractivity contribution in [3.63, 3.8) is 0 Å². The first-order valence-corrected chi connectivity index (χ1v) is 10.1. The minimum atomic E-state index is -0.545. The first kappa shape index (κ1) is 24.4. The number of nitrogens with zero attached hydrogens (tertiary/aromatic N) is 3. The molecule has 2 aliphatic rings. The first-order chi connectivity index (χ1) is 13.4. The van der Waals surface area contributed by atoms with E-state index in [1.165, 1.54) is 4.57 Å². The molecule has 2 unspecified atom stereocenters. The number of aryl methyl sites for hydroxylation is 1. The van der Waals surface area contributed by atoms with Gasteiger partial charge in [-0.2, -0.15) is 0 Å². The maximum absolute atomic E-state index is 13.7. The lowest BCUT2D eigenvalue weighted by Gasteiger charge is -2.28. The highest BCUT2D eigenvalue weighted by atomic mass is 35.5. The molecule has 2 N–H and O–H groups in total. The molecule has 0 spiro atoms. The van der Waals surface area contributed by atoms with Crippen LogP contribution >= 0.6 is 24.8 Å². The predicted molar refractivity (Wildman–Crippen MR) is 121 cm³/mol. The van der Waals surface area contributed by atoms with Gasteiger partial charge in [0.05, 0.1) is 10.9 Å². The van der Waals surface area contributed by atoms with Crippen molar-refractivity contribution in [1.82, 2.24) is 24.8 Å². The number of H-pyrrole nitrogens is 1. The van der Waals surface area contributed by atoms with Crippen molar-refractivity contribution in [2.45, 2.75) is 64.6 Å². The minimum absolute atomic E-state index is 0. The largest absolute Gasteiger partial charge is 0.331 e. The van der Waals surface area contributed by atoms with Gasteiger partial charge in [0.2, 0.25) is 0 Å². The Bertz CT molecular complexity index is 1040. The Kier molecular flexibility index (Phi) is 7.71. The number of carbonyl (C=O) groups is 1. The van der Waals surface area contributed by atoms with Crippen LogP contribution in [0, 0.1) is 0 Å². The highest BCUT2D eigenvalue weighted by molar-refractivity contribution is 6.05. The van der Waals surface area contributed by atoms with Crippen molar-refractivity contribution < 1.29 is 4.79 Å². The molecule has 8 nitrogen and oxygen atoms in total. The number of carbonyl (C=O) groups excluding carboxylic acids is 1. The third kappa shape index (κ3) is 4.00. The fourth-order valence-electron chi connectivity index (χ4n) is 4.50. The molecule has 10 heteroatoms. The summed E-state index contributed by atoms with van der Waals surface area (Å²) in [4.78, 5) is 47.6. The third-order valence-corrected chi connectivity index (χ3v) is 6.00. The molecular formula is C20H29Cl2N5O3. The number of aromatic nitrogens is 3. The molecule has 2 aromatic rings. The highest BCUT2D eigenvalue weighted by Gasteiger charge is 2.39. The Hall–Kier alpha value is -1.90. The van der Waals surface area contributed by atoms with Gasteiger partial charge in [0.1, 0.15) is 0 Å². The average Bonchev–Trinajstić information content (AvgIpc) is 2.92. The van der Waals surface area contributed by atoms with Crippen molar-refractivity contribution in [3.05, 3.63) is 38.2 Å². The van der Waals surface area contributed by atoms with E-state index >= 15 is 0 Å². The fourth-order valence-corrected chi connectivity index (χ4v) is 4.50. The molecule has 30 heavy (non-hydrogen) atoms. The van der Waals surface area contributed by atoms with Crippen molar-refractivity contribution in [2.75, 3.05) is 13.1 Å². The van der Waals surface area contributed by atoms with Crippen molar-refractivity contribution in [2.24, 2.45) is 0 Å². The highest BCUT2D eigenvalue weighted by Crippen LogP contribution is 2.31. The summed E-state index contributed by atoms with van der Waals surface area (Å²) in [5.41, 5.74) is 0.326. The Morgan fingerprint density at radius 1 is 1.20 bits per heavy atom. The van der Waals surface area contributed by atoms with Crippen LogP contribution in [0.1, 0.15) is 62.0 Å². The summed E-state index contributed by atoms with van der Waals surface area (Å²) in [6.07, 6.45) is 2.88. The van der Waals surface area contributed by atoms with Gasteiger partial charge in [-0.3, -0.25) is 19.1 Å². The summed E-state index contributed by atoms with van der Waals surface area (Å²) in [6.45, 7) is 7.85. The molecule has 2 aromatic heterocycles. The molecule has 4 rings (SSSR count). The van der Waals surface area contributed by atoms with Gasteiger partial charge in [0.25, 0.3) is 11.5 Å². The van der Waals surface area contributed by atoms with Crippen LogP contribution in [0.5, 0.6) is 0 Å². The van der Waals surface area contributed by atoms with E-state index < -0.39 is 11.2 Å². The summed E-state index contributed by atoms with van der Waals surface area (Å²) in [5, 5.41) is 3.61. The van der Waals surface area contributed by atoms with Gasteiger partial charge >= 0.3 is 5.69 Å². The number of fused-ring (bicyclic) bond motifs is 3. The number of pyridine rings is 1. The molecular weight excluding hydrogens is 429 g/mol. The van der Waals surface area contributed by atoms with E-state index in [0.29, 0.717) is 23.4 Å². The summed E-state index contributed by atoms with van der Waals surface area (Å²) in [5.74, 6) is -0.0597. The van der Waals surface area contributed by atoms with E-state index in [1.54, 1.807) is 6.07 Å². The molecule has 2 saturated heterocycles. The second-order valence-electron chi connectivity index (χ2n) is 8.04. The molecule has 0 aromatic carbocycles. The van der Waals surface area contributed by atoms with Gasteiger partial charge in [0, 0.05) is 30.9 Å². The van der Waals surface area contributed by atoms with Gasteiger partial charge in [-0.25, -0.2) is 9.78 Å². The molecule has 0 saturated carbocycles. The van der Waals surface area contributed by atoms with Gasteiger partial charge in [-0.1, -0.05) is 13.8 Å². The van der Waals surface area contributed by atoms with Gasteiger partial charge in [-0.15, -0.1) is 24.8 Å². The maximum atomic E-state index is 13.7. The van der Waals surface area contributed by atoms with Gasteiger partial charge in [0.15, 0.2) is 5.65 Å². The van der Waals surface area contributed by atoms with Gasteiger partial charge < -0.3 is 10.2 Å². The van der Waals surface area contributed by atoms with E-state index in [4.69, 9.17) is 0 Å². The van der Waals surface area contributed by atoms with Crippen LogP contribution in [-0.2, 0) is 6.54 Å². The SMILES string of the molecule is CCn1c(=O)[nH]c(=O)c2c(C(=O)N3C4CCNCC3CC4)cc(C(C)C)nc21.Cl.Cl. The van der Waals surface area contributed by atoms with E-state index in [-0.39, 0.29) is 54.1 Å². The van der Waals surface area contributed by atoms with E-state index in [0.717, 1.165) is 32.4 Å². The van der Waals surface area contributed by atoms with Crippen molar-refractivity contribution in [1.29, 1.82) is 0 Å². The number of amides is 1. The van der Waals surface area contributed by atoms with Gasteiger partial charge in [-0.05, 0) is 44.7 Å². The second-order valence-corrected chi connectivity index (χ2v) is 8.04. The van der Waals surface area contributed by atoms with E-state index in [9.17, 15) is 14.4 Å². The number of nitrogens with one attached hydrogen (secondary N) is 2. The zero-order valence-electron chi connectivity index (χ0n) is 17.4. The normalized spacial score (nSPS) is 20.6.